The fraction of sp³-hybridized carbons (Fsp3) is 0.857. The molecule has 0 aromatic rings. The van der Waals surface area contributed by atoms with Crippen molar-refractivity contribution in [2.45, 2.75) is 17.6 Å². The van der Waals surface area contributed by atoms with Crippen LogP contribution in [0.25, 0.3) is 0 Å². The highest BCUT2D eigenvalue weighted by atomic mass is 32.2. The minimum atomic E-state index is -3.65. The van der Waals surface area contributed by atoms with Crippen LogP contribution in [0.1, 0.15) is 12.8 Å². The Balaban J connectivity index is 2.40. The third kappa shape index (κ3) is 3.47. The Morgan fingerprint density at radius 3 is 2.50 bits per heavy atom. The molecule has 0 saturated heterocycles. The van der Waals surface area contributed by atoms with E-state index in [2.05, 4.69) is 4.72 Å². The molecular formula is C7H13NO4S2. The van der Waals surface area contributed by atoms with E-state index in [1.54, 1.807) is 11.8 Å². The van der Waals surface area contributed by atoms with Crippen molar-refractivity contribution in [3.8, 4) is 0 Å². The molecule has 0 spiro atoms. The first kappa shape index (κ1) is 11.8. The van der Waals surface area contributed by atoms with Crippen LogP contribution in [0.15, 0.2) is 0 Å². The predicted molar refractivity (Wildman–Crippen MR) is 54.9 cm³/mol. The third-order valence-electron chi connectivity index (χ3n) is 2.17. The van der Waals surface area contributed by atoms with Crippen LogP contribution < -0.4 is 4.72 Å². The Morgan fingerprint density at radius 2 is 2.14 bits per heavy atom. The average Bonchev–Trinajstić information content (AvgIpc) is 2.79. The molecule has 0 aromatic carbocycles. The number of sulfonamides is 1. The minimum absolute atomic E-state index is 0.0194. The van der Waals surface area contributed by atoms with Gasteiger partial charge in [-0.05, 0) is 19.1 Å². The SMILES string of the molecule is CSC1(CNS(=O)(=O)CC(=O)O)CC1. The van der Waals surface area contributed by atoms with E-state index in [0.717, 1.165) is 12.8 Å². The monoisotopic (exact) mass is 239 g/mol. The maximum atomic E-state index is 11.1. The summed E-state index contributed by atoms with van der Waals surface area (Å²) in [5, 5.41) is 8.33. The summed E-state index contributed by atoms with van der Waals surface area (Å²) in [6.07, 6.45) is 3.91. The normalized spacial score (nSPS) is 19.2. The van der Waals surface area contributed by atoms with Crippen LogP contribution in [-0.4, -0.2) is 42.8 Å². The maximum absolute atomic E-state index is 11.1. The molecule has 82 valence electrons. The van der Waals surface area contributed by atoms with Crippen LogP contribution in [-0.2, 0) is 14.8 Å². The zero-order valence-corrected chi connectivity index (χ0v) is 9.45. The largest absolute Gasteiger partial charge is 0.480 e. The van der Waals surface area contributed by atoms with Gasteiger partial charge in [0.15, 0.2) is 5.75 Å². The first-order valence-corrected chi connectivity index (χ1v) is 7.01. The van der Waals surface area contributed by atoms with E-state index in [1.807, 2.05) is 6.26 Å². The van der Waals surface area contributed by atoms with Gasteiger partial charge in [0.05, 0.1) is 0 Å². The van der Waals surface area contributed by atoms with Crippen LogP contribution >= 0.6 is 11.8 Å². The molecule has 14 heavy (non-hydrogen) atoms. The first-order chi connectivity index (χ1) is 6.39. The van der Waals surface area contributed by atoms with Crippen LogP contribution in [0, 0.1) is 0 Å². The van der Waals surface area contributed by atoms with Gasteiger partial charge < -0.3 is 5.11 Å². The number of carboxylic acids is 1. The number of aliphatic carboxylic acids is 1. The van der Waals surface area contributed by atoms with Gasteiger partial charge in [0.2, 0.25) is 10.0 Å². The second-order valence-electron chi connectivity index (χ2n) is 3.36. The molecule has 0 aromatic heterocycles. The molecule has 5 nitrogen and oxygen atoms in total. The number of carboxylic acid groups (broad SMARTS) is 1. The lowest BCUT2D eigenvalue weighted by Crippen LogP contribution is -2.35. The van der Waals surface area contributed by atoms with Gasteiger partial charge in [-0.25, -0.2) is 13.1 Å². The van der Waals surface area contributed by atoms with Crippen molar-refractivity contribution < 1.29 is 18.3 Å². The van der Waals surface area contributed by atoms with Crippen LogP contribution in [0.5, 0.6) is 0 Å². The van der Waals surface area contributed by atoms with Crippen molar-refractivity contribution in [2.24, 2.45) is 0 Å². The minimum Gasteiger partial charge on any atom is -0.480 e. The first-order valence-electron chi connectivity index (χ1n) is 4.13. The molecule has 1 saturated carbocycles. The molecule has 1 fully saturated rings. The van der Waals surface area contributed by atoms with E-state index in [1.165, 1.54) is 0 Å². The summed E-state index contributed by atoms with van der Waals surface area (Å²) < 4.78 is 24.6. The van der Waals surface area contributed by atoms with E-state index >= 15 is 0 Å². The molecular weight excluding hydrogens is 226 g/mol. The van der Waals surface area contributed by atoms with Crippen LogP contribution in [0.4, 0.5) is 0 Å². The molecule has 7 heteroatoms. The summed E-state index contributed by atoms with van der Waals surface area (Å²) in [5.41, 5.74) is 0. The Bertz CT molecular complexity index is 321. The quantitative estimate of drug-likeness (QED) is 0.675. The molecule has 0 atom stereocenters. The Hall–Kier alpha value is -0.270. The highest BCUT2D eigenvalue weighted by Gasteiger charge is 2.42. The standard InChI is InChI=1S/C7H13NO4S2/c1-13-7(2-3-7)5-8-14(11,12)4-6(9)10/h8H,2-5H2,1H3,(H,9,10). The van der Waals surface area contributed by atoms with Crippen LogP contribution in [0.2, 0.25) is 0 Å². The second-order valence-corrected chi connectivity index (χ2v) is 6.44. The average molecular weight is 239 g/mol. The number of hydrogen-bond donors (Lipinski definition) is 2. The van der Waals surface area contributed by atoms with E-state index in [4.69, 9.17) is 5.11 Å². The molecule has 0 unspecified atom stereocenters. The Morgan fingerprint density at radius 1 is 1.57 bits per heavy atom. The smallest absolute Gasteiger partial charge is 0.320 e. The van der Waals surface area contributed by atoms with Crippen molar-refractivity contribution in [1.29, 1.82) is 0 Å². The van der Waals surface area contributed by atoms with Crippen molar-refractivity contribution in [3.05, 3.63) is 0 Å². The van der Waals surface area contributed by atoms with Crippen molar-refractivity contribution in [3.63, 3.8) is 0 Å². The fourth-order valence-corrected chi connectivity index (χ4v) is 2.79. The molecule has 0 radical (unpaired) electrons. The molecule has 0 aliphatic heterocycles. The summed E-state index contributed by atoms with van der Waals surface area (Å²) in [5.74, 6) is -2.18. The number of hydrogen-bond acceptors (Lipinski definition) is 4. The molecule has 0 amide bonds. The molecule has 2 N–H and O–H groups in total. The molecule has 0 heterocycles. The van der Waals surface area contributed by atoms with E-state index in [0.29, 0.717) is 6.54 Å². The topological polar surface area (TPSA) is 83.5 Å². The van der Waals surface area contributed by atoms with E-state index < -0.39 is 21.7 Å². The van der Waals surface area contributed by atoms with Crippen molar-refractivity contribution in [2.75, 3.05) is 18.6 Å². The van der Waals surface area contributed by atoms with E-state index in [-0.39, 0.29) is 4.75 Å². The zero-order chi connectivity index (χ0) is 10.8. The zero-order valence-electron chi connectivity index (χ0n) is 7.82. The molecule has 1 rings (SSSR count). The third-order valence-corrected chi connectivity index (χ3v) is 4.80. The lowest BCUT2D eigenvalue weighted by molar-refractivity contribution is -0.134. The molecule has 1 aliphatic carbocycles. The Labute approximate surface area is 87.3 Å². The van der Waals surface area contributed by atoms with Gasteiger partial charge in [0.25, 0.3) is 0 Å². The number of rotatable bonds is 6. The number of carbonyl (C=O) groups is 1. The van der Waals surface area contributed by atoms with Gasteiger partial charge in [0.1, 0.15) is 0 Å². The fourth-order valence-electron chi connectivity index (χ4n) is 1.05. The van der Waals surface area contributed by atoms with Gasteiger partial charge in [-0.1, -0.05) is 0 Å². The molecule has 1 aliphatic rings. The Kier molecular flexibility index (Phi) is 3.44. The lowest BCUT2D eigenvalue weighted by Gasteiger charge is -2.12. The lowest BCUT2D eigenvalue weighted by atomic mass is 10.4. The summed E-state index contributed by atoms with van der Waals surface area (Å²) >= 11 is 1.62. The number of nitrogens with one attached hydrogen (secondary N) is 1. The second kappa shape index (κ2) is 4.08. The highest BCUT2D eigenvalue weighted by molar-refractivity contribution is 8.00. The van der Waals surface area contributed by atoms with Crippen molar-refractivity contribution >= 4 is 27.8 Å². The van der Waals surface area contributed by atoms with Gasteiger partial charge in [-0.2, -0.15) is 11.8 Å². The van der Waals surface area contributed by atoms with Crippen LogP contribution in [0.3, 0.4) is 0 Å². The summed E-state index contributed by atoms with van der Waals surface area (Å²) in [6, 6.07) is 0. The summed E-state index contributed by atoms with van der Waals surface area (Å²) in [6.45, 7) is 0.337. The summed E-state index contributed by atoms with van der Waals surface area (Å²) in [4.78, 5) is 10.2. The van der Waals surface area contributed by atoms with Gasteiger partial charge in [-0.3, -0.25) is 4.79 Å². The van der Waals surface area contributed by atoms with Crippen molar-refractivity contribution in [1.82, 2.24) is 4.72 Å². The van der Waals surface area contributed by atoms with Gasteiger partial charge >= 0.3 is 5.97 Å². The maximum Gasteiger partial charge on any atom is 0.320 e. The highest BCUT2D eigenvalue weighted by Crippen LogP contribution is 2.46. The predicted octanol–water partition coefficient (Wildman–Crippen LogP) is -0.114. The van der Waals surface area contributed by atoms with Gasteiger partial charge in [0, 0.05) is 11.3 Å². The summed E-state index contributed by atoms with van der Waals surface area (Å²) in [7, 11) is -3.65. The number of thioether (sulfide) groups is 1. The van der Waals surface area contributed by atoms with Gasteiger partial charge in [-0.15, -0.1) is 0 Å². The molecule has 0 bridgehead atoms. The van der Waals surface area contributed by atoms with E-state index in [9.17, 15) is 13.2 Å².